The van der Waals surface area contributed by atoms with Gasteiger partial charge in [-0.05, 0) is 23.6 Å². The van der Waals surface area contributed by atoms with Gasteiger partial charge in [0, 0.05) is 51.3 Å². The molecule has 2 aromatic rings. The average molecular weight is 410 g/mol. The van der Waals surface area contributed by atoms with Gasteiger partial charge in [0.15, 0.2) is 0 Å². The highest BCUT2D eigenvalue weighted by Crippen LogP contribution is 2.30. The monoisotopic (exact) mass is 410 g/mol. The quantitative estimate of drug-likeness (QED) is 0.584. The molecule has 0 spiro atoms. The van der Waals surface area contributed by atoms with Crippen molar-refractivity contribution in [3.05, 3.63) is 69.8 Å². The van der Waals surface area contributed by atoms with E-state index in [9.17, 15) is 19.7 Å². The molecule has 1 aliphatic heterocycles. The molecule has 1 aliphatic rings. The molecule has 8 heteroatoms. The minimum Gasteiger partial charge on any atom is -0.362 e. The number of carbonyl (C=O) groups excluding carboxylic acids is 2. The number of nitrogens with one attached hydrogen (secondary N) is 1. The van der Waals surface area contributed by atoms with Crippen molar-refractivity contribution in [1.82, 2.24) is 10.2 Å². The molecular weight excluding hydrogens is 384 g/mol. The van der Waals surface area contributed by atoms with Crippen molar-refractivity contribution in [3.63, 3.8) is 0 Å². The van der Waals surface area contributed by atoms with Crippen molar-refractivity contribution in [1.29, 1.82) is 0 Å². The number of nitro groups is 1. The third-order valence-electron chi connectivity index (χ3n) is 5.44. The molecule has 0 unspecified atom stereocenters. The van der Waals surface area contributed by atoms with Crippen LogP contribution in [0.2, 0.25) is 0 Å². The SMILES string of the molecule is CC(=O)N1CCN(c2ccc(C(=O)NC[C@H](C)c3ccccc3)cc2[N+](=O)[O-])CC1. The van der Waals surface area contributed by atoms with Crippen molar-refractivity contribution < 1.29 is 14.5 Å². The van der Waals surface area contributed by atoms with Gasteiger partial charge in [0.25, 0.3) is 11.6 Å². The van der Waals surface area contributed by atoms with E-state index in [0.29, 0.717) is 38.4 Å². The van der Waals surface area contributed by atoms with Crippen molar-refractivity contribution in [2.45, 2.75) is 19.8 Å². The molecule has 0 bridgehead atoms. The zero-order chi connectivity index (χ0) is 21.7. The van der Waals surface area contributed by atoms with E-state index in [1.807, 2.05) is 42.2 Å². The number of rotatable bonds is 6. The predicted octanol–water partition coefficient (Wildman–Crippen LogP) is 2.80. The van der Waals surface area contributed by atoms with E-state index in [1.165, 1.54) is 13.0 Å². The first-order valence-electron chi connectivity index (χ1n) is 9.99. The lowest BCUT2D eigenvalue weighted by Crippen LogP contribution is -2.48. The molecule has 3 rings (SSSR count). The summed E-state index contributed by atoms with van der Waals surface area (Å²) in [5.41, 5.74) is 1.74. The van der Waals surface area contributed by atoms with Crippen LogP contribution in [0.4, 0.5) is 11.4 Å². The Morgan fingerprint density at radius 1 is 1.10 bits per heavy atom. The van der Waals surface area contributed by atoms with Crippen LogP contribution in [0.1, 0.15) is 35.7 Å². The van der Waals surface area contributed by atoms with Crippen LogP contribution in [-0.4, -0.2) is 54.4 Å². The summed E-state index contributed by atoms with van der Waals surface area (Å²) in [4.78, 5) is 38.9. The van der Waals surface area contributed by atoms with Crippen molar-refractivity contribution >= 4 is 23.2 Å². The van der Waals surface area contributed by atoms with Crippen LogP contribution in [0.5, 0.6) is 0 Å². The molecule has 8 nitrogen and oxygen atoms in total. The van der Waals surface area contributed by atoms with Gasteiger partial charge in [-0.1, -0.05) is 37.3 Å². The molecule has 1 N–H and O–H groups in total. The molecule has 1 heterocycles. The molecule has 158 valence electrons. The summed E-state index contributed by atoms with van der Waals surface area (Å²) in [6.45, 7) is 6.04. The first-order chi connectivity index (χ1) is 14.4. The summed E-state index contributed by atoms with van der Waals surface area (Å²) in [5.74, 6) is -0.211. The number of carbonyl (C=O) groups is 2. The third-order valence-corrected chi connectivity index (χ3v) is 5.44. The van der Waals surface area contributed by atoms with Gasteiger partial charge in [0.2, 0.25) is 5.91 Å². The van der Waals surface area contributed by atoms with Gasteiger partial charge < -0.3 is 15.1 Å². The fourth-order valence-corrected chi connectivity index (χ4v) is 3.59. The zero-order valence-electron chi connectivity index (χ0n) is 17.2. The van der Waals surface area contributed by atoms with Crippen molar-refractivity contribution in [2.75, 3.05) is 37.6 Å². The fraction of sp³-hybridized carbons (Fsp3) is 0.364. The Morgan fingerprint density at radius 3 is 2.37 bits per heavy atom. The predicted molar refractivity (Wildman–Crippen MR) is 115 cm³/mol. The minimum atomic E-state index is -0.462. The molecule has 1 fully saturated rings. The third kappa shape index (κ3) is 4.94. The van der Waals surface area contributed by atoms with Crippen LogP contribution in [0.15, 0.2) is 48.5 Å². The second-order valence-electron chi connectivity index (χ2n) is 7.48. The first-order valence-corrected chi connectivity index (χ1v) is 9.99. The largest absolute Gasteiger partial charge is 0.362 e. The van der Waals surface area contributed by atoms with E-state index in [4.69, 9.17) is 0 Å². The standard InChI is InChI=1S/C22H26N4O4/c1-16(18-6-4-3-5-7-18)15-23-22(28)19-8-9-20(21(14-19)26(29)30)25-12-10-24(11-13-25)17(2)27/h3-9,14,16H,10-13,15H2,1-2H3,(H,23,28)/t16-/m0/s1. The number of nitrogens with zero attached hydrogens (tertiary/aromatic N) is 3. The fourth-order valence-electron chi connectivity index (χ4n) is 3.59. The smallest absolute Gasteiger partial charge is 0.293 e. The van der Waals surface area contributed by atoms with Crippen molar-refractivity contribution in [3.8, 4) is 0 Å². The highest BCUT2D eigenvalue weighted by Gasteiger charge is 2.26. The summed E-state index contributed by atoms with van der Waals surface area (Å²) in [6, 6.07) is 14.4. The Morgan fingerprint density at radius 2 is 1.77 bits per heavy atom. The molecule has 0 aliphatic carbocycles. The maximum Gasteiger partial charge on any atom is 0.293 e. The first kappa shape index (κ1) is 21.3. The molecule has 0 saturated carbocycles. The van der Waals surface area contributed by atoms with E-state index < -0.39 is 4.92 Å². The summed E-state index contributed by atoms with van der Waals surface area (Å²) in [5, 5.41) is 14.5. The van der Waals surface area contributed by atoms with E-state index in [2.05, 4.69) is 5.32 Å². The van der Waals surface area contributed by atoms with Crippen LogP contribution in [0, 0.1) is 10.1 Å². The second-order valence-corrected chi connectivity index (χ2v) is 7.48. The topological polar surface area (TPSA) is 95.8 Å². The maximum atomic E-state index is 12.6. The lowest BCUT2D eigenvalue weighted by atomic mass is 10.0. The summed E-state index contributed by atoms with van der Waals surface area (Å²) in [6.07, 6.45) is 0. The Hall–Kier alpha value is -3.42. The number of piperazine rings is 1. The van der Waals surface area contributed by atoms with Gasteiger partial charge in [-0.3, -0.25) is 19.7 Å². The average Bonchev–Trinajstić information content (AvgIpc) is 2.77. The Labute approximate surface area is 175 Å². The van der Waals surface area contributed by atoms with Crippen molar-refractivity contribution in [2.24, 2.45) is 0 Å². The van der Waals surface area contributed by atoms with Gasteiger partial charge >= 0.3 is 0 Å². The van der Waals surface area contributed by atoms with Gasteiger partial charge in [-0.2, -0.15) is 0 Å². The molecule has 0 aromatic heterocycles. The van der Waals surface area contributed by atoms with E-state index in [1.54, 1.807) is 17.0 Å². The van der Waals surface area contributed by atoms with Crippen LogP contribution >= 0.6 is 0 Å². The number of hydrogen-bond donors (Lipinski definition) is 1. The molecule has 30 heavy (non-hydrogen) atoms. The Balaban J connectivity index is 1.69. The molecule has 1 atom stereocenters. The zero-order valence-corrected chi connectivity index (χ0v) is 17.2. The summed E-state index contributed by atoms with van der Waals surface area (Å²) in [7, 11) is 0. The Kier molecular flexibility index (Phi) is 6.66. The molecule has 0 radical (unpaired) electrons. The van der Waals surface area contributed by atoms with Gasteiger partial charge in [0.1, 0.15) is 5.69 Å². The summed E-state index contributed by atoms with van der Waals surface area (Å²) < 4.78 is 0. The number of anilines is 1. The molecule has 2 aromatic carbocycles. The number of benzene rings is 2. The van der Waals surface area contributed by atoms with E-state index >= 15 is 0 Å². The normalized spacial score (nSPS) is 14.9. The van der Waals surface area contributed by atoms with Crippen LogP contribution < -0.4 is 10.2 Å². The van der Waals surface area contributed by atoms with Gasteiger partial charge in [-0.25, -0.2) is 0 Å². The summed E-state index contributed by atoms with van der Waals surface area (Å²) >= 11 is 0. The van der Waals surface area contributed by atoms with Gasteiger partial charge in [0.05, 0.1) is 4.92 Å². The van der Waals surface area contributed by atoms with Crippen LogP contribution in [-0.2, 0) is 4.79 Å². The van der Waals surface area contributed by atoms with E-state index in [-0.39, 0.29) is 29.0 Å². The van der Waals surface area contributed by atoms with E-state index in [0.717, 1.165) is 5.56 Å². The number of hydrogen-bond acceptors (Lipinski definition) is 5. The van der Waals surface area contributed by atoms with Gasteiger partial charge in [-0.15, -0.1) is 0 Å². The number of nitro benzene ring substituents is 1. The molecule has 1 saturated heterocycles. The second kappa shape index (κ2) is 9.39. The highest BCUT2D eigenvalue weighted by atomic mass is 16.6. The van der Waals surface area contributed by atoms with Crippen LogP contribution in [0.3, 0.4) is 0 Å². The Bertz CT molecular complexity index is 924. The lowest BCUT2D eigenvalue weighted by molar-refractivity contribution is -0.384. The molecular formula is C22H26N4O4. The number of amides is 2. The van der Waals surface area contributed by atoms with Crippen LogP contribution in [0.25, 0.3) is 0 Å². The minimum absolute atomic E-state index is 0.000833. The molecule has 2 amide bonds. The maximum absolute atomic E-state index is 12.6. The lowest BCUT2D eigenvalue weighted by Gasteiger charge is -2.35. The highest BCUT2D eigenvalue weighted by molar-refractivity contribution is 5.95.